The fraction of sp³-hybridized carbons (Fsp3) is 0. The molecule has 0 fully saturated rings. The van der Waals surface area contributed by atoms with Crippen molar-refractivity contribution in [2.75, 3.05) is 0 Å². The van der Waals surface area contributed by atoms with Gasteiger partial charge in [0.2, 0.25) is 0 Å². The molecule has 3 aromatic carbocycles. The summed E-state index contributed by atoms with van der Waals surface area (Å²) >= 11 is 0. The van der Waals surface area contributed by atoms with Gasteiger partial charge in [-0.15, -0.1) is 0 Å². The molecular weight excluding hydrogens is 282 g/mol. The molecule has 2 heteroatoms. The zero-order valence-corrected chi connectivity index (χ0v) is 12.6. The lowest BCUT2D eigenvalue weighted by molar-refractivity contribution is 0.103. The number of para-hydroxylation sites is 1. The van der Waals surface area contributed by atoms with Gasteiger partial charge in [0.15, 0.2) is 5.78 Å². The highest BCUT2D eigenvalue weighted by molar-refractivity contribution is 6.08. The molecule has 2 nitrogen and oxygen atoms in total. The van der Waals surface area contributed by atoms with Crippen molar-refractivity contribution in [3.05, 3.63) is 108 Å². The number of fused-ring (bicyclic) bond motifs is 1. The molecule has 1 heterocycles. The first-order valence-electron chi connectivity index (χ1n) is 7.51. The van der Waals surface area contributed by atoms with Crippen LogP contribution in [-0.2, 0) is 0 Å². The Bertz CT molecular complexity index is 808. The third kappa shape index (κ3) is 3.74. The quantitative estimate of drug-likeness (QED) is 0.514. The molecule has 23 heavy (non-hydrogen) atoms. The monoisotopic (exact) mass is 299 g/mol. The molecule has 1 aromatic heterocycles. The minimum Gasteiger partial charge on any atom is -0.361 e. The van der Waals surface area contributed by atoms with Crippen LogP contribution < -0.4 is 0 Å². The summed E-state index contributed by atoms with van der Waals surface area (Å²) in [6.07, 6.45) is 1.95. The van der Waals surface area contributed by atoms with Gasteiger partial charge in [-0.2, -0.15) is 0 Å². The van der Waals surface area contributed by atoms with Crippen molar-refractivity contribution in [2.45, 2.75) is 0 Å². The first kappa shape index (κ1) is 14.8. The standard InChI is InChI=1S/C13H10O.C8H7N/c14-13(11-7-3-1-4-8-11)12-9-5-2-6-10-12;1-2-4-8-7(3-1)5-6-9-8/h1-10H;1-6,9H. The maximum atomic E-state index is 11.8. The fourth-order valence-corrected chi connectivity index (χ4v) is 2.34. The molecule has 0 bridgehead atoms. The fourth-order valence-electron chi connectivity index (χ4n) is 2.34. The summed E-state index contributed by atoms with van der Waals surface area (Å²) in [7, 11) is 0. The van der Waals surface area contributed by atoms with Crippen LogP contribution in [0.25, 0.3) is 10.9 Å². The second-order valence-corrected chi connectivity index (χ2v) is 5.13. The molecular formula is C21H17NO. The third-order valence-electron chi connectivity index (χ3n) is 3.53. The van der Waals surface area contributed by atoms with E-state index in [1.54, 1.807) is 0 Å². The van der Waals surface area contributed by atoms with Gasteiger partial charge in [0, 0.05) is 22.8 Å². The van der Waals surface area contributed by atoms with Gasteiger partial charge < -0.3 is 4.98 Å². The zero-order valence-electron chi connectivity index (χ0n) is 12.6. The van der Waals surface area contributed by atoms with Crippen molar-refractivity contribution < 1.29 is 4.79 Å². The van der Waals surface area contributed by atoms with E-state index >= 15 is 0 Å². The summed E-state index contributed by atoms with van der Waals surface area (Å²) in [5.74, 6) is 0.0752. The van der Waals surface area contributed by atoms with Crippen LogP contribution in [0, 0.1) is 0 Å². The highest BCUT2D eigenvalue weighted by Crippen LogP contribution is 2.09. The van der Waals surface area contributed by atoms with E-state index in [-0.39, 0.29) is 5.78 Å². The van der Waals surface area contributed by atoms with Gasteiger partial charge in [-0.05, 0) is 17.5 Å². The van der Waals surface area contributed by atoms with Gasteiger partial charge in [0.05, 0.1) is 0 Å². The summed E-state index contributed by atoms with van der Waals surface area (Å²) in [4.78, 5) is 15.0. The van der Waals surface area contributed by atoms with Crippen LogP contribution >= 0.6 is 0 Å². The summed E-state index contributed by atoms with van der Waals surface area (Å²) in [5.41, 5.74) is 2.68. The highest BCUT2D eigenvalue weighted by Gasteiger charge is 2.06. The Labute approximate surface area is 135 Å². The van der Waals surface area contributed by atoms with Crippen LogP contribution in [0.4, 0.5) is 0 Å². The molecule has 0 saturated carbocycles. The van der Waals surface area contributed by atoms with Crippen LogP contribution in [0.5, 0.6) is 0 Å². The number of aromatic nitrogens is 1. The Morgan fingerprint density at radius 2 is 1.13 bits per heavy atom. The second-order valence-electron chi connectivity index (χ2n) is 5.13. The summed E-state index contributed by atoms with van der Waals surface area (Å²) in [5, 5.41) is 1.28. The largest absolute Gasteiger partial charge is 0.361 e. The van der Waals surface area contributed by atoms with Crippen LogP contribution in [-0.4, -0.2) is 10.8 Å². The number of benzene rings is 3. The van der Waals surface area contributed by atoms with Crippen molar-refractivity contribution in [3.63, 3.8) is 0 Å². The maximum absolute atomic E-state index is 11.8. The normalized spacial score (nSPS) is 9.91. The van der Waals surface area contributed by atoms with Gasteiger partial charge in [0.1, 0.15) is 0 Å². The topological polar surface area (TPSA) is 32.9 Å². The number of hydrogen-bond donors (Lipinski definition) is 1. The molecule has 0 aliphatic heterocycles. The van der Waals surface area contributed by atoms with Gasteiger partial charge in [-0.25, -0.2) is 0 Å². The Balaban J connectivity index is 0.000000149. The molecule has 0 radical (unpaired) electrons. The first-order valence-corrected chi connectivity index (χ1v) is 7.51. The van der Waals surface area contributed by atoms with E-state index in [0.29, 0.717) is 0 Å². The van der Waals surface area contributed by atoms with E-state index in [2.05, 4.69) is 23.2 Å². The van der Waals surface area contributed by atoms with E-state index in [9.17, 15) is 4.79 Å². The molecule has 0 amide bonds. The van der Waals surface area contributed by atoms with Crippen molar-refractivity contribution >= 4 is 16.7 Å². The molecule has 4 rings (SSSR count). The number of rotatable bonds is 2. The number of carbonyl (C=O) groups is 1. The lowest BCUT2D eigenvalue weighted by Crippen LogP contribution is -1.99. The molecule has 0 unspecified atom stereocenters. The Kier molecular flexibility index (Phi) is 4.65. The molecule has 0 atom stereocenters. The maximum Gasteiger partial charge on any atom is 0.193 e. The minimum absolute atomic E-state index is 0.0752. The lowest BCUT2D eigenvalue weighted by Gasteiger charge is -1.99. The molecule has 112 valence electrons. The van der Waals surface area contributed by atoms with E-state index in [4.69, 9.17) is 0 Å². The Morgan fingerprint density at radius 1 is 0.609 bits per heavy atom. The molecule has 0 aliphatic rings. The molecule has 0 spiro atoms. The van der Waals surface area contributed by atoms with Crippen LogP contribution in [0.15, 0.2) is 97.2 Å². The molecule has 1 N–H and O–H groups in total. The predicted octanol–water partition coefficient (Wildman–Crippen LogP) is 5.09. The minimum atomic E-state index is 0.0752. The van der Waals surface area contributed by atoms with E-state index < -0.39 is 0 Å². The number of carbonyl (C=O) groups excluding carboxylic acids is 1. The van der Waals surface area contributed by atoms with Crippen LogP contribution in [0.1, 0.15) is 15.9 Å². The van der Waals surface area contributed by atoms with Crippen molar-refractivity contribution in [1.82, 2.24) is 4.98 Å². The Hall–Kier alpha value is -3.13. The number of nitrogens with one attached hydrogen (secondary N) is 1. The van der Waals surface area contributed by atoms with E-state index in [1.807, 2.05) is 79.0 Å². The van der Waals surface area contributed by atoms with E-state index in [1.165, 1.54) is 10.9 Å². The smallest absolute Gasteiger partial charge is 0.193 e. The predicted molar refractivity (Wildman–Crippen MR) is 94.6 cm³/mol. The molecule has 4 aromatic rings. The number of H-pyrrole nitrogens is 1. The van der Waals surface area contributed by atoms with Crippen molar-refractivity contribution in [3.8, 4) is 0 Å². The third-order valence-corrected chi connectivity index (χ3v) is 3.53. The van der Waals surface area contributed by atoms with Crippen LogP contribution in [0.2, 0.25) is 0 Å². The van der Waals surface area contributed by atoms with E-state index in [0.717, 1.165) is 11.1 Å². The van der Waals surface area contributed by atoms with Gasteiger partial charge in [-0.3, -0.25) is 4.79 Å². The SMILES string of the molecule is O=C(c1ccccc1)c1ccccc1.c1ccc2[nH]ccc2c1. The van der Waals surface area contributed by atoms with Gasteiger partial charge >= 0.3 is 0 Å². The first-order chi connectivity index (χ1) is 11.3. The van der Waals surface area contributed by atoms with Crippen molar-refractivity contribution in [2.24, 2.45) is 0 Å². The molecule has 0 saturated heterocycles. The van der Waals surface area contributed by atoms with Gasteiger partial charge in [-0.1, -0.05) is 78.9 Å². The summed E-state index contributed by atoms with van der Waals surface area (Å²) in [6.45, 7) is 0. The number of hydrogen-bond acceptors (Lipinski definition) is 1. The van der Waals surface area contributed by atoms with Gasteiger partial charge in [0.25, 0.3) is 0 Å². The average Bonchev–Trinajstić information content (AvgIpc) is 3.12. The molecule has 0 aliphatic carbocycles. The lowest BCUT2D eigenvalue weighted by atomic mass is 10.0. The number of aromatic amines is 1. The zero-order chi connectivity index (χ0) is 15.9. The average molecular weight is 299 g/mol. The summed E-state index contributed by atoms with van der Waals surface area (Å²) < 4.78 is 0. The highest BCUT2D eigenvalue weighted by atomic mass is 16.1. The summed E-state index contributed by atoms with van der Waals surface area (Å²) in [6, 6.07) is 28.9. The van der Waals surface area contributed by atoms with Crippen molar-refractivity contribution in [1.29, 1.82) is 0 Å². The number of ketones is 1. The Morgan fingerprint density at radius 3 is 1.70 bits per heavy atom. The second kappa shape index (κ2) is 7.23. The van der Waals surface area contributed by atoms with Crippen LogP contribution in [0.3, 0.4) is 0 Å².